The van der Waals surface area contributed by atoms with E-state index in [0.29, 0.717) is 16.7 Å². The Balaban J connectivity index is 1.69. The van der Waals surface area contributed by atoms with Crippen LogP contribution in [0.2, 0.25) is 0 Å². The molecule has 122 valence electrons. The van der Waals surface area contributed by atoms with E-state index in [1.165, 1.54) is 17.3 Å². The average Bonchev–Trinajstić information content (AvgIpc) is 3.10. The highest BCUT2D eigenvalue weighted by molar-refractivity contribution is 8.00. The maximum absolute atomic E-state index is 12.5. The number of benzene rings is 1. The van der Waals surface area contributed by atoms with E-state index in [4.69, 9.17) is 4.42 Å². The standard InChI is InChI=1S/C18H17N3O2S/c1-3-13-4-6-14(7-5-13)16(22)12(2)24-18-21-20-17(23-18)15-8-10-19-11-9-15/h4-12H,3H2,1-2H3. The van der Waals surface area contributed by atoms with Crippen LogP contribution in [-0.2, 0) is 6.42 Å². The van der Waals surface area contributed by atoms with Gasteiger partial charge in [-0.1, -0.05) is 43.0 Å². The summed E-state index contributed by atoms with van der Waals surface area (Å²) in [6, 6.07) is 11.3. The highest BCUT2D eigenvalue weighted by atomic mass is 32.2. The number of aryl methyl sites for hydroxylation is 1. The molecule has 0 aliphatic rings. The SMILES string of the molecule is CCc1ccc(C(=O)C(C)Sc2nnc(-c3ccncc3)o2)cc1. The van der Waals surface area contributed by atoms with Gasteiger partial charge in [0.15, 0.2) is 5.78 Å². The van der Waals surface area contributed by atoms with Crippen LogP contribution in [0.3, 0.4) is 0 Å². The van der Waals surface area contributed by atoms with E-state index < -0.39 is 0 Å². The fraction of sp³-hybridized carbons (Fsp3) is 0.222. The van der Waals surface area contributed by atoms with E-state index in [0.717, 1.165) is 12.0 Å². The van der Waals surface area contributed by atoms with Gasteiger partial charge < -0.3 is 4.42 Å². The van der Waals surface area contributed by atoms with Crippen LogP contribution >= 0.6 is 11.8 Å². The molecule has 0 N–H and O–H groups in total. The Kier molecular flexibility index (Phi) is 5.05. The first-order chi connectivity index (χ1) is 11.7. The van der Waals surface area contributed by atoms with Crippen LogP contribution in [0.5, 0.6) is 0 Å². The van der Waals surface area contributed by atoms with Crippen LogP contribution in [0.1, 0.15) is 29.8 Å². The first-order valence-corrected chi connectivity index (χ1v) is 8.59. The smallest absolute Gasteiger partial charge is 0.277 e. The van der Waals surface area contributed by atoms with Crippen molar-refractivity contribution in [3.63, 3.8) is 0 Å². The number of carbonyl (C=O) groups excluding carboxylic acids is 1. The minimum Gasteiger partial charge on any atom is -0.411 e. The van der Waals surface area contributed by atoms with Crippen molar-refractivity contribution in [2.45, 2.75) is 30.7 Å². The molecule has 0 radical (unpaired) electrons. The van der Waals surface area contributed by atoms with E-state index in [1.807, 2.05) is 31.2 Å². The van der Waals surface area contributed by atoms with Gasteiger partial charge >= 0.3 is 0 Å². The third-order valence-corrected chi connectivity index (χ3v) is 4.56. The summed E-state index contributed by atoms with van der Waals surface area (Å²) >= 11 is 1.27. The maximum atomic E-state index is 12.5. The number of hydrogen-bond donors (Lipinski definition) is 0. The molecular formula is C18H17N3O2S. The van der Waals surface area contributed by atoms with Crippen LogP contribution in [0.25, 0.3) is 11.5 Å². The zero-order valence-corrected chi connectivity index (χ0v) is 14.3. The number of aromatic nitrogens is 3. The Hall–Kier alpha value is -2.47. The number of carbonyl (C=O) groups is 1. The summed E-state index contributed by atoms with van der Waals surface area (Å²) in [5.74, 6) is 0.471. The van der Waals surface area contributed by atoms with E-state index in [9.17, 15) is 4.79 Å². The number of nitrogens with zero attached hydrogens (tertiary/aromatic N) is 3. The van der Waals surface area contributed by atoms with E-state index in [-0.39, 0.29) is 11.0 Å². The molecule has 0 saturated heterocycles. The molecule has 0 spiro atoms. The third kappa shape index (κ3) is 3.71. The summed E-state index contributed by atoms with van der Waals surface area (Å²) < 4.78 is 5.62. The normalized spacial score (nSPS) is 12.1. The lowest BCUT2D eigenvalue weighted by Crippen LogP contribution is -2.13. The van der Waals surface area contributed by atoms with Crippen LogP contribution < -0.4 is 0 Å². The highest BCUT2D eigenvalue weighted by Crippen LogP contribution is 2.27. The number of ketones is 1. The van der Waals surface area contributed by atoms with Gasteiger partial charge in [0.2, 0.25) is 5.89 Å². The monoisotopic (exact) mass is 339 g/mol. The van der Waals surface area contributed by atoms with Crippen molar-refractivity contribution < 1.29 is 9.21 Å². The Labute approximate surface area is 144 Å². The average molecular weight is 339 g/mol. The van der Waals surface area contributed by atoms with Crippen LogP contribution in [0.15, 0.2) is 58.4 Å². The molecule has 3 rings (SSSR count). The van der Waals surface area contributed by atoms with Crippen LogP contribution in [-0.4, -0.2) is 26.2 Å². The highest BCUT2D eigenvalue weighted by Gasteiger charge is 2.20. The van der Waals surface area contributed by atoms with Gasteiger partial charge in [0.1, 0.15) is 0 Å². The van der Waals surface area contributed by atoms with Gasteiger partial charge in [0, 0.05) is 23.5 Å². The Morgan fingerprint density at radius 1 is 1.12 bits per heavy atom. The minimum absolute atomic E-state index is 0.0475. The summed E-state index contributed by atoms with van der Waals surface area (Å²) in [7, 11) is 0. The fourth-order valence-corrected chi connectivity index (χ4v) is 2.97. The molecule has 1 atom stereocenters. The number of Topliss-reactive ketones (excluding diaryl/α,β-unsaturated/α-hetero) is 1. The topological polar surface area (TPSA) is 68.9 Å². The minimum atomic E-state index is -0.303. The number of pyridine rings is 1. The molecule has 1 unspecified atom stereocenters. The lowest BCUT2D eigenvalue weighted by Gasteiger charge is -2.08. The molecule has 0 fully saturated rings. The molecule has 1 aromatic carbocycles. The zero-order chi connectivity index (χ0) is 16.9. The van der Waals surface area contributed by atoms with Gasteiger partial charge in [-0.15, -0.1) is 10.2 Å². The first-order valence-electron chi connectivity index (χ1n) is 7.71. The fourth-order valence-electron chi connectivity index (χ4n) is 2.21. The molecule has 2 aromatic heterocycles. The second-order valence-electron chi connectivity index (χ2n) is 5.28. The molecule has 5 nitrogen and oxygen atoms in total. The summed E-state index contributed by atoms with van der Waals surface area (Å²) in [5.41, 5.74) is 2.71. The molecule has 0 aliphatic heterocycles. The summed E-state index contributed by atoms with van der Waals surface area (Å²) in [6.07, 6.45) is 4.29. The van der Waals surface area contributed by atoms with Gasteiger partial charge in [-0.3, -0.25) is 9.78 Å². The summed E-state index contributed by atoms with van der Waals surface area (Å²) in [6.45, 7) is 3.93. The molecule has 3 aromatic rings. The number of thioether (sulfide) groups is 1. The molecule has 0 amide bonds. The predicted molar refractivity (Wildman–Crippen MR) is 93.0 cm³/mol. The molecule has 0 bridgehead atoms. The second-order valence-corrected chi connectivity index (χ2v) is 6.58. The molecule has 0 aliphatic carbocycles. The van der Waals surface area contributed by atoms with Crippen molar-refractivity contribution in [2.24, 2.45) is 0 Å². The van der Waals surface area contributed by atoms with Crippen molar-refractivity contribution in [1.82, 2.24) is 15.2 Å². The quantitative estimate of drug-likeness (QED) is 0.498. The predicted octanol–water partition coefficient (Wildman–Crippen LogP) is 4.06. The molecule has 6 heteroatoms. The zero-order valence-electron chi connectivity index (χ0n) is 13.5. The Morgan fingerprint density at radius 3 is 2.50 bits per heavy atom. The van der Waals surface area contributed by atoms with Crippen molar-refractivity contribution >= 4 is 17.5 Å². The van der Waals surface area contributed by atoms with Gasteiger partial charge in [-0.2, -0.15) is 0 Å². The van der Waals surface area contributed by atoms with E-state index in [1.54, 1.807) is 24.5 Å². The lowest BCUT2D eigenvalue weighted by atomic mass is 10.1. The van der Waals surface area contributed by atoms with Crippen LogP contribution in [0.4, 0.5) is 0 Å². The van der Waals surface area contributed by atoms with Crippen molar-refractivity contribution in [1.29, 1.82) is 0 Å². The summed E-state index contributed by atoms with van der Waals surface area (Å²) in [5, 5.41) is 8.11. The molecule has 0 saturated carbocycles. The third-order valence-electron chi connectivity index (χ3n) is 3.63. The van der Waals surface area contributed by atoms with Crippen molar-refractivity contribution in [3.8, 4) is 11.5 Å². The Morgan fingerprint density at radius 2 is 1.83 bits per heavy atom. The molecule has 2 heterocycles. The van der Waals surface area contributed by atoms with Crippen LogP contribution in [0, 0.1) is 0 Å². The van der Waals surface area contributed by atoms with Gasteiger partial charge in [-0.05, 0) is 31.0 Å². The van der Waals surface area contributed by atoms with Gasteiger partial charge in [0.05, 0.1) is 5.25 Å². The Bertz CT molecular complexity index is 816. The maximum Gasteiger partial charge on any atom is 0.277 e. The molecular weight excluding hydrogens is 322 g/mol. The van der Waals surface area contributed by atoms with Gasteiger partial charge in [-0.25, -0.2) is 0 Å². The van der Waals surface area contributed by atoms with Crippen molar-refractivity contribution in [2.75, 3.05) is 0 Å². The summed E-state index contributed by atoms with van der Waals surface area (Å²) in [4.78, 5) is 16.5. The second kappa shape index (κ2) is 7.40. The van der Waals surface area contributed by atoms with Crippen molar-refractivity contribution in [3.05, 3.63) is 59.9 Å². The number of hydrogen-bond acceptors (Lipinski definition) is 6. The van der Waals surface area contributed by atoms with Gasteiger partial charge in [0.25, 0.3) is 5.22 Å². The largest absolute Gasteiger partial charge is 0.411 e. The van der Waals surface area contributed by atoms with E-state index in [2.05, 4.69) is 22.1 Å². The molecule has 24 heavy (non-hydrogen) atoms. The first kappa shape index (κ1) is 16.4. The van der Waals surface area contributed by atoms with E-state index >= 15 is 0 Å². The number of rotatable bonds is 6. The lowest BCUT2D eigenvalue weighted by molar-refractivity contribution is 0.0993.